The summed E-state index contributed by atoms with van der Waals surface area (Å²) in [6, 6.07) is -2.96. The Balaban J connectivity index is -0.000000451. The van der Waals surface area contributed by atoms with E-state index in [1.807, 2.05) is 0 Å². The molecule has 0 fully saturated rings. The highest BCUT2D eigenvalue weighted by atomic mass is 32.1. The summed E-state index contributed by atoms with van der Waals surface area (Å²) < 4.78 is 0. The van der Waals surface area contributed by atoms with Crippen LogP contribution in [0.3, 0.4) is 0 Å². The summed E-state index contributed by atoms with van der Waals surface area (Å²) in [5.74, 6) is -6.31. The minimum Gasteiger partial charge on any atom is -0.481 e. The molecule has 0 aromatic carbocycles. The number of hydrogen-bond acceptors (Lipinski definition) is 11. The summed E-state index contributed by atoms with van der Waals surface area (Å²) in [5.41, 5.74) is 15.1. The molecule has 0 unspecified atom stereocenters. The first-order valence-corrected chi connectivity index (χ1v) is 10.5. The first-order chi connectivity index (χ1) is 15.1. The quantitative estimate of drug-likeness (QED) is 0.116. The number of ketones is 1. The Hall–Kier alpha value is -2.40. The van der Waals surface area contributed by atoms with Gasteiger partial charge in [-0.1, -0.05) is 0 Å². The Morgan fingerprint density at radius 3 is 1.24 bits per heavy atom. The van der Waals surface area contributed by atoms with Gasteiger partial charge in [0.25, 0.3) is 0 Å². The summed E-state index contributed by atoms with van der Waals surface area (Å²) in [6.07, 6.45) is -0.360. The van der Waals surface area contributed by atoms with Gasteiger partial charge in [-0.05, 0) is 12.8 Å². The van der Waals surface area contributed by atoms with Crippen molar-refractivity contribution in [3.8, 4) is 0 Å². The van der Waals surface area contributed by atoms with Crippen molar-refractivity contribution >= 4 is 60.9 Å². The fourth-order valence-electron chi connectivity index (χ4n) is 1.53. The average Bonchev–Trinajstić information content (AvgIpc) is 2.73. The first kappa shape index (κ1) is 35.2. The van der Waals surface area contributed by atoms with Gasteiger partial charge in [0.1, 0.15) is 23.9 Å². The largest absolute Gasteiger partial charge is 0.481 e. The lowest BCUT2D eigenvalue weighted by atomic mass is 10.0. The lowest BCUT2D eigenvalue weighted by Gasteiger charge is -2.09. The van der Waals surface area contributed by atoms with Crippen LogP contribution in [-0.2, 0) is 28.8 Å². The van der Waals surface area contributed by atoms with Gasteiger partial charge in [0.15, 0.2) is 0 Å². The molecule has 0 bridgehead atoms. The van der Waals surface area contributed by atoms with Crippen LogP contribution < -0.4 is 17.2 Å². The number of nitrogens with two attached hydrogens (primary N) is 3. The van der Waals surface area contributed by atoms with Gasteiger partial charge in [-0.2, -0.15) is 25.3 Å². The van der Waals surface area contributed by atoms with Gasteiger partial charge in [-0.3, -0.25) is 28.8 Å². The topological polar surface area (TPSA) is 282 Å². The summed E-state index contributed by atoms with van der Waals surface area (Å²) in [4.78, 5) is 61.9. The average molecular weight is 518 g/mol. The zero-order valence-corrected chi connectivity index (χ0v) is 19.4. The molecule has 0 aliphatic heterocycles. The highest BCUT2D eigenvalue weighted by molar-refractivity contribution is 7.80. The molecule has 0 aromatic rings. The predicted molar refractivity (Wildman–Crippen MR) is 121 cm³/mol. The molecule has 0 amide bonds. The molecule has 0 heterocycles. The third kappa shape index (κ3) is 22.6. The maximum absolute atomic E-state index is 11.3. The fraction of sp³-hybridized carbons (Fsp3) is 0.647. The van der Waals surface area contributed by atoms with Crippen molar-refractivity contribution in [2.75, 3.05) is 11.5 Å². The highest BCUT2D eigenvalue weighted by Gasteiger charge is 2.21. The van der Waals surface area contributed by atoms with Crippen molar-refractivity contribution in [2.45, 2.75) is 50.2 Å². The zero-order valence-electron chi connectivity index (χ0n) is 17.6. The van der Waals surface area contributed by atoms with Crippen LogP contribution in [-0.4, -0.2) is 90.8 Å². The summed E-state index contributed by atoms with van der Waals surface area (Å²) in [5, 5.41) is 41.4. The van der Waals surface area contributed by atoms with E-state index in [0.29, 0.717) is 0 Å². The van der Waals surface area contributed by atoms with E-state index in [4.69, 9.17) is 42.7 Å². The zero-order chi connectivity index (χ0) is 26.7. The van der Waals surface area contributed by atoms with Gasteiger partial charge in [-0.15, -0.1) is 0 Å². The third-order valence-electron chi connectivity index (χ3n) is 3.60. The van der Waals surface area contributed by atoms with Gasteiger partial charge in [-0.25, -0.2) is 0 Å². The molecular weight excluding hydrogens is 486 g/mol. The van der Waals surface area contributed by atoms with Crippen LogP contribution in [0.15, 0.2) is 0 Å². The van der Waals surface area contributed by atoms with Crippen LogP contribution in [0.5, 0.6) is 0 Å². The Labute approximate surface area is 200 Å². The molecule has 0 saturated heterocycles. The molecule has 192 valence electrons. The molecular formula is C17H31N3O11S2. The van der Waals surface area contributed by atoms with E-state index in [-0.39, 0.29) is 49.4 Å². The van der Waals surface area contributed by atoms with Gasteiger partial charge in [0, 0.05) is 30.8 Å². The Morgan fingerprint density at radius 2 is 1.00 bits per heavy atom. The van der Waals surface area contributed by atoms with Crippen molar-refractivity contribution in [2.24, 2.45) is 23.1 Å². The number of carbonyl (C=O) groups is 6. The number of hydrogen-bond donors (Lipinski definition) is 10. The maximum Gasteiger partial charge on any atom is 0.321 e. The molecule has 0 rings (SSSR count). The lowest BCUT2D eigenvalue weighted by molar-refractivity contribution is -0.143. The Bertz CT molecular complexity index is 664. The number of carboxylic acids is 5. The Morgan fingerprint density at radius 1 is 0.606 bits per heavy atom. The van der Waals surface area contributed by atoms with Gasteiger partial charge in [0.05, 0.1) is 5.92 Å². The molecule has 0 radical (unpaired) electrons. The maximum atomic E-state index is 11.3. The van der Waals surface area contributed by atoms with E-state index in [1.54, 1.807) is 0 Å². The number of thiol groups is 2. The predicted octanol–water partition coefficient (Wildman–Crippen LogP) is -1.64. The number of aliphatic carboxylic acids is 5. The number of carbonyl (C=O) groups excluding carboxylic acids is 1. The molecule has 0 aromatic heterocycles. The van der Waals surface area contributed by atoms with Gasteiger partial charge in [0.2, 0.25) is 0 Å². The summed E-state index contributed by atoms with van der Waals surface area (Å²) in [6.45, 7) is 0. The minimum absolute atomic E-state index is 0.0209. The van der Waals surface area contributed by atoms with E-state index in [9.17, 15) is 28.8 Å². The van der Waals surface area contributed by atoms with Crippen LogP contribution in [0.4, 0.5) is 0 Å². The fourth-order valence-corrected chi connectivity index (χ4v) is 1.97. The smallest absolute Gasteiger partial charge is 0.321 e. The number of rotatable bonds is 14. The molecule has 14 nitrogen and oxygen atoms in total. The van der Waals surface area contributed by atoms with Crippen molar-refractivity contribution in [1.82, 2.24) is 0 Å². The van der Waals surface area contributed by atoms with Gasteiger partial charge < -0.3 is 42.7 Å². The minimum atomic E-state index is -1.17. The van der Waals surface area contributed by atoms with Crippen molar-refractivity contribution in [1.29, 1.82) is 0 Å². The van der Waals surface area contributed by atoms with Gasteiger partial charge >= 0.3 is 29.8 Å². The lowest BCUT2D eigenvalue weighted by Crippen LogP contribution is -2.31. The van der Waals surface area contributed by atoms with Crippen LogP contribution in [0.2, 0.25) is 0 Å². The molecule has 0 saturated carbocycles. The van der Waals surface area contributed by atoms with Crippen LogP contribution >= 0.6 is 25.3 Å². The third-order valence-corrected chi connectivity index (χ3v) is 4.43. The van der Waals surface area contributed by atoms with E-state index >= 15 is 0 Å². The van der Waals surface area contributed by atoms with Crippen LogP contribution in [0.25, 0.3) is 0 Å². The monoisotopic (exact) mass is 517 g/mol. The second-order valence-corrected chi connectivity index (χ2v) is 7.18. The van der Waals surface area contributed by atoms with E-state index in [1.165, 1.54) is 0 Å². The molecule has 33 heavy (non-hydrogen) atoms. The molecule has 0 aliphatic carbocycles. The number of carboxylic acid groups (broad SMARTS) is 5. The molecule has 0 aliphatic rings. The number of Topliss-reactive ketones (excluding diaryl/α,β-unsaturated/α-hetero) is 1. The molecule has 11 N–H and O–H groups in total. The molecule has 16 heteroatoms. The first-order valence-electron chi connectivity index (χ1n) is 9.23. The normalized spacial score (nSPS) is 13.5. The molecule has 4 atom stereocenters. The summed E-state index contributed by atoms with van der Waals surface area (Å²) in [7, 11) is 0. The van der Waals surface area contributed by atoms with Crippen molar-refractivity contribution < 1.29 is 54.3 Å². The highest BCUT2D eigenvalue weighted by Crippen LogP contribution is 2.09. The second kappa shape index (κ2) is 20.2. The van der Waals surface area contributed by atoms with E-state index in [2.05, 4.69) is 25.3 Å². The SMILES string of the molecule is N[C@@H](CCC(=O)C[C@@H](CS)C(=O)O)C(=O)O.N[C@@H](CCC(=O)O)C(=O)O.N[C@@H](CS)C(=O)O. The van der Waals surface area contributed by atoms with Crippen molar-refractivity contribution in [3.05, 3.63) is 0 Å². The summed E-state index contributed by atoms with van der Waals surface area (Å²) >= 11 is 7.47. The second-order valence-electron chi connectivity index (χ2n) is 6.45. The standard InChI is InChI=1S/C9H15NO5S.C5H9NO4.C3H7NO2S/c10-7(9(14)15)2-1-6(11)3-5(4-16)8(12)13;6-3(5(9)10)1-2-4(7)8;4-2(1-7)3(5)6/h5,7,16H,1-4,10H2,(H,12,13)(H,14,15);3H,1-2,6H2,(H,7,8)(H,9,10);2,7H,1,4H2,(H,5,6)/t5-,7-;3-;2-/m000/s1. The van der Waals surface area contributed by atoms with E-state index in [0.717, 1.165) is 0 Å². The van der Waals surface area contributed by atoms with Crippen molar-refractivity contribution in [3.63, 3.8) is 0 Å². The molecule has 0 spiro atoms. The van der Waals surface area contributed by atoms with Crippen LogP contribution in [0, 0.1) is 5.92 Å². The van der Waals surface area contributed by atoms with Crippen LogP contribution in [0.1, 0.15) is 32.1 Å². The van der Waals surface area contributed by atoms with E-state index < -0.39 is 53.9 Å². The Kier molecular flexibility index (Phi) is 21.6.